The van der Waals surface area contributed by atoms with Crippen molar-refractivity contribution in [2.45, 2.75) is 13.8 Å². The van der Waals surface area contributed by atoms with Gasteiger partial charge in [0.2, 0.25) is 0 Å². The number of oxime groups is 1. The van der Waals surface area contributed by atoms with E-state index in [2.05, 4.69) is 5.16 Å². The molecule has 1 aromatic carbocycles. The maximum absolute atomic E-state index is 9.04. The molecule has 0 bridgehead atoms. The van der Waals surface area contributed by atoms with Gasteiger partial charge >= 0.3 is 0 Å². The Morgan fingerprint density at radius 2 is 1.35 bits per heavy atom. The molecule has 0 fully saturated rings. The Hall–Kier alpha value is -2.84. The van der Waals surface area contributed by atoms with Crippen LogP contribution in [0.25, 0.3) is 0 Å². The number of hydrogen-bond acceptors (Lipinski definition) is 5. The third-order valence-corrected chi connectivity index (χ3v) is 2.56. The standard InChI is InChI=1S/C12H8N4O/c1-7-9(3-13)8(2)11(5-15)12(6-16-17)10(7)4-14/h6,17H,1-2H3. The van der Waals surface area contributed by atoms with E-state index in [0.717, 1.165) is 6.21 Å². The van der Waals surface area contributed by atoms with Crippen LogP contribution in [0.5, 0.6) is 0 Å². The van der Waals surface area contributed by atoms with E-state index in [0.29, 0.717) is 16.7 Å². The second-order valence-corrected chi connectivity index (χ2v) is 3.37. The quantitative estimate of drug-likeness (QED) is 0.445. The second kappa shape index (κ2) is 4.79. The van der Waals surface area contributed by atoms with Crippen LogP contribution in [-0.4, -0.2) is 11.4 Å². The van der Waals surface area contributed by atoms with Crippen molar-refractivity contribution in [3.05, 3.63) is 33.4 Å². The first-order chi connectivity index (χ1) is 8.12. The molecule has 0 aliphatic carbocycles. The molecule has 0 aliphatic heterocycles. The van der Waals surface area contributed by atoms with Crippen LogP contribution in [-0.2, 0) is 0 Å². The van der Waals surface area contributed by atoms with Crippen molar-refractivity contribution in [3.63, 3.8) is 0 Å². The van der Waals surface area contributed by atoms with Gasteiger partial charge in [-0.25, -0.2) is 0 Å². The summed E-state index contributed by atoms with van der Waals surface area (Å²) in [7, 11) is 0. The van der Waals surface area contributed by atoms with Gasteiger partial charge in [-0.05, 0) is 25.0 Å². The Labute approximate surface area is 98.4 Å². The topological polar surface area (TPSA) is 104 Å². The summed E-state index contributed by atoms with van der Waals surface area (Å²) in [6.45, 7) is 3.25. The molecular formula is C12H8N4O. The van der Waals surface area contributed by atoms with E-state index in [1.807, 2.05) is 18.2 Å². The molecule has 0 aromatic heterocycles. The first-order valence-electron chi connectivity index (χ1n) is 4.67. The molecule has 0 heterocycles. The highest BCUT2D eigenvalue weighted by Gasteiger charge is 2.18. The molecule has 0 saturated carbocycles. The fraction of sp³-hybridized carbons (Fsp3) is 0.167. The van der Waals surface area contributed by atoms with Gasteiger partial charge in [-0.2, -0.15) is 15.8 Å². The molecule has 1 N–H and O–H groups in total. The van der Waals surface area contributed by atoms with Crippen LogP contribution in [0.4, 0.5) is 0 Å². The second-order valence-electron chi connectivity index (χ2n) is 3.37. The van der Waals surface area contributed by atoms with Gasteiger partial charge in [0.25, 0.3) is 0 Å². The van der Waals surface area contributed by atoms with E-state index in [1.54, 1.807) is 13.8 Å². The third-order valence-electron chi connectivity index (χ3n) is 2.56. The zero-order valence-corrected chi connectivity index (χ0v) is 9.31. The largest absolute Gasteiger partial charge is 0.411 e. The first kappa shape index (κ1) is 12.2. The molecule has 0 unspecified atom stereocenters. The Morgan fingerprint density at radius 1 is 0.941 bits per heavy atom. The zero-order valence-electron chi connectivity index (χ0n) is 9.31. The van der Waals surface area contributed by atoms with Crippen LogP contribution in [0.1, 0.15) is 33.4 Å². The van der Waals surface area contributed by atoms with E-state index in [1.165, 1.54) is 0 Å². The highest BCUT2D eigenvalue weighted by Crippen LogP contribution is 2.25. The van der Waals surface area contributed by atoms with Crippen LogP contribution in [0.3, 0.4) is 0 Å². The molecule has 1 rings (SSSR count). The lowest BCUT2D eigenvalue weighted by molar-refractivity contribution is 0.322. The molecular weight excluding hydrogens is 216 g/mol. The summed E-state index contributed by atoms with van der Waals surface area (Å²) in [5, 5.41) is 38.5. The monoisotopic (exact) mass is 224 g/mol. The summed E-state index contributed by atoms with van der Waals surface area (Å²) < 4.78 is 0. The molecule has 0 aliphatic rings. The Morgan fingerprint density at radius 3 is 1.65 bits per heavy atom. The molecule has 0 saturated heterocycles. The fourth-order valence-corrected chi connectivity index (χ4v) is 1.70. The molecule has 82 valence electrons. The molecule has 1 aromatic rings. The van der Waals surface area contributed by atoms with Gasteiger partial charge in [0.1, 0.15) is 12.1 Å². The average Bonchev–Trinajstić information content (AvgIpc) is 2.31. The summed E-state index contributed by atoms with van der Waals surface area (Å²) in [6.07, 6.45) is 1.04. The van der Waals surface area contributed by atoms with Crippen molar-refractivity contribution in [1.29, 1.82) is 15.8 Å². The van der Waals surface area contributed by atoms with Crippen LogP contribution < -0.4 is 0 Å². The molecule has 0 spiro atoms. The minimum Gasteiger partial charge on any atom is -0.411 e. The zero-order chi connectivity index (χ0) is 13.0. The van der Waals surface area contributed by atoms with Crippen molar-refractivity contribution in [1.82, 2.24) is 0 Å². The van der Waals surface area contributed by atoms with Gasteiger partial charge in [0, 0.05) is 5.56 Å². The lowest BCUT2D eigenvalue weighted by Gasteiger charge is -2.10. The van der Waals surface area contributed by atoms with Crippen molar-refractivity contribution in [2.75, 3.05) is 0 Å². The summed E-state index contributed by atoms with van der Waals surface area (Å²) in [6, 6.07) is 5.81. The van der Waals surface area contributed by atoms with Crippen LogP contribution >= 0.6 is 0 Å². The number of rotatable bonds is 1. The Bertz CT molecular complexity index is 583. The van der Waals surface area contributed by atoms with Gasteiger partial charge in [-0.1, -0.05) is 5.16 Å². The lowest BCUT2D eigenvalue weighted by Crippen LogP contribution is -2.04. The maximum Gasteiger partial charge on any atom is 0.100 e. The van der Waals surface area contributed by atoms with E-state index in [9.17, 15) is 0 Å². The number of benzene rings is 1. The van der Waals surface area contributed by atoms with Gasteiger partial charge in [-0.15, -0.1) is 0 Å². The summed E-state index contributed by atoms with van der Waals surface area (Å²) >= 11 is 0. The van der Waals surface area contributed by atoms with Gasteiger partial charge in [0.15, 0.2) is 0 Å². The van der Waals surface area contributed by atoms with Gasteiger partial charge in [-0.3, -0.25) is 0 Å². The number of nitrogens with zero attached hydrogens (tertiary/aromatic N) is 4. The van der Waals surface area contributed by atoms with Gasteiger partial charge in [0.05, 0.1) is 29.0 Å². The Kier molecular flexibility index (Phi) is 3.44. The minimum atomic E-state index is 0.182. The predicted molar refractivity (Wildman–Crippen MR) is 59.4 cm³/mol. The molecule has 0 radical (unpaired) electrons. The smallest absolute Gasteiger partial charge is 0.100 e. The predicted octanol–water partition coefficient (Wildman–Crippen LogP) is 1.73. The highest BCUT2D eigenvalue weighted by atomic mass is 16.4. The number of nitriles is 3. The van der Waals surface area contributed by atoms with Crippen LogP contribution in [0.2, 0.25) is 0 Å². The summed E-state index contributed by atoms with van der Waals surface area (Å²) in [5.74, 6) is 0. The van der Waals surface area contributed by atoms with Crippen molar-refractivity contribution < 1.29 is 5.21 Å². The fourth-order valence-electron chi connectivity index (χ4n) is 1.70. The molecule has 5 heteroatoms. The van der Waals surface area contributed by atoms with Crippen molar-refractivity contribution in [3.8, 4) is 18.2 Å². The molecule has 17 heavy (non-hydrogen) atoms. The van der Waals surface area contributed by atoms with Crippen LogP contribution in [0, 0.1) is 47.8 Å². The minimum absolute atomic E-state index is 0.182. The van der Waals surface area contributed by atoms with E-state index in [-0.39, 0.29) is 16.7 Å². The lowest BCUT2D eigenvalue weighted by atomic mass is 9.89. The maximum atomic E-state index is 9.04. The molecule has 5 nitrogen and oxygen atoms in total. The average molecular weight is 224 g/mol. The normalized spacial score (nSPS) is 9.59. The van der Waals surface area contributed by atoms with Crippen molar-refractivity contribution in [2.24, 2.45) is 5.16 Å². The van der Waals surface area contributed by atoms with E-state index >= 15 is 0 Å². The van der Waals surface area contributed by atoms with Gasteiger partial charge < -0.3 is 5.21 Å². The molecule has 0 atom stereocenters. The van der Waals surface area contributed by atoms with E-state index < -0.39 is 0 Å². The highest BCUT2D eigenvalue weighted by molar-refractivity contribution is 5.89. The summed E-state index contributed by atoms with van der Waals surface area (Å²) in [4.78, 5) is 0. The third kappa shape index (κ3) is 1.80. The van der Waals surface area contributed by atoms with Crippen molar-refractivity contribution >= 4 is 6.21 Å². The summed E-state index contributed by atoms with van der Waals surface area (Å²) in [5.41, 5.74) is 1.89. The SMILES string of the molecule is Cc1c(C#N)c(C)c(C#N)c(C=NO)c1C#N. The van der Waals surface area contributed by atoms with Crippen LogP contribution in [0.15, 0.2) is 5.16 Å². The van der Waals surface area contributed by atoms with E-state index in [4.69, 9.17) is 21.0 Å². The first-order valence-corrected chi connectivity index (χ1v) is 4.67. The molecule has 0 amide bonds. The number of hydrogen-bond donors (Lipinski definition) is 1. The Balaban J connectivity index is 3.93.